The maximum absolute atomic E-state index is 12.6. The Kier molecular flexibility index (Phi) is 6.05. The predicted octanol–water partition coefficient (Wildman–Crippen LogP) is 3.94. The molecule has 1 aliphatic heterocycles. The van der Waals surface area contributed by atoms with E-state index < -0.39 is 5.97 Å². The molecule has 0 spiro atoms. The topological polar surface area (TPSA) is 57.6 Å². The molecule has 1 aliphatic rings. The van der Waals surface area contributed by atoms with E-state index in [0.29, 0.717) is 18.9 Å². The summed E-state index contributed by atoms with van der Waals surface area (Å²) in [5.74, 6) is -0.714. The highest BCUT2D eigenvalue weighted by atomic mass is 16.4. The molecule has 1 amide bonds. The minimum Gasteiger partial charge on any atom is -0.478 e. The fourth-order valence-corrected chi connectivity index (χ4v) is 3.65. The number of hydrogen-bond donors (Lipinski definition) is 1. The first kappa shape index (κ1) is 18.2. The van der Waals surface area contributed by atoms with E-state index in [4.69, 9.17) is 5.11 Å². The van der Waals surface area contributed by atoms with Gasteiger partial charge in [0.15, 0.2) is 0 Å². The normalized spacial score (nSPS) is 16.6. The van der Waals surface area contributed by atoms with Crippen LogP contribution in [0.25, 0.3) is 0 Å². The minimum absolute atomic E-state index is 0.211. The Hall–Kier alpha value is -2.62. The molecule has 1 unspecified atom stereocenters. The fourth-order valence-electron chi connectivity index (χ4n) is 3.65. The van der Waals surface area contributed by atoms with Crippen molar-refractivity contribution in [3.63, 3.8) is 0 Å². The van der Waals surface area contributed by atoms with Crippen molar-refractivity contribution in [1.29, 1.82) is 0 Å². The molecule has 2 aromatic rings. The molecule has 1 saturated heterocycles. The number of aryl methyl sites for hydroxylation is 2. The third-order valence-corrected chi connectivity index (χ3v) is 5.13. The Bertz CT molecular complexity index is 740. The van der Waals surface area contributed by atoms with Gasteiger partial charge in [-0.15, -0.1) is 0 Å². The number of aromatic carboxylic acids is 1. The summed E-state index contributed by atoms with van der Waals surface area (Å²) in [5.41, 5.74) is 2.61. The lowest BCUT2D eigenvalue weighted by atomic mass is 10.0. The Morgan fingerprint density at radius 2 is 1.65 bits per heavy atom. The first-order valence-electron chi connectivity index (χ1n) is 9.29. The monoisotopic (exact) mass is 351 g/mol. The number of carboxylic acids is 1. The van der Waals surface area contributed by atoms with Crippen molar-refractivity contribution in [2.24, 2.45) is 0 Å². The van der Waals surface area contributed by atoms with E-state index in [-0.39, 0.29) is 11.5 Å². The Labute approximate surface area is 154 Å². The summed E-state index contributed by atoms with van der Waals surface area (Å²) in [6, 6.07) is 17.6. The van der Waals surface area contributed by atoms with Crippen LogP contribution in [0.3, 0.4) is 0 Å². The van der Waals surface area contributed by atoms with Crippen LogP contribution in [0.5, 0.6) is 0 Å². The van der Waals surface area contributed by atoms with Crippen molar-refractivity contribution in [2.45, 2.75) is 44.6 Å². The molecule has 0 aromatic heterocycles. The molecule has 1 fully saturated rings. The predicted molar refractivity (Wildman–Crippen MR) is 101 cm³/mol. The summed E-state index contributed by atoms with van der Waals surface area (Å²) >= 11 is 0. The molecule has 0 saturated carbocycles. The average Bonchev–Trinajstić information content (AvgIpc) is 3.14. The average molecular weight is 351 g/mol. The lowest BCUT2D eigenvalue weighted by Crippen LogP contribution is -2.35. The van der Waals surface area contributed by atoms with Crippen molar-refractivity contribution < 1.29 is 14.7 Å². The molecule has 4 nitrogen and oxygen atoms in total. The highest BCUT2D eigenvalue weighted by Crippen LogP contribution is 2.23. The lowest BCUT2D eigenvalue weighted by molar-refractivity contribution is -0.132. The van der Waals surface area contributed by atoms with Crippen molar-refractivity contribution in [2.75, 3.05) is 6.54 Å². The summed E-state index contributed by atoms with van der Waals surface area (Å²) in [4.78, 5) is 25.6. The van der Waals surface area contributed by atoms with Gasteiger partial charge in [-0.3, -0.25) is 4.79 Å². The van der Waals surface area contributed by atoms with Gasteiger partial charge >= 0.3 is 5.97 Å². The van der Waals surface area contributed by atoms with Gasteiger partial charge in [0, 0.05) is 19.0 Å². The zero-order chi connectivity index (χ0) is 18.4. The number of hydrogen-bond acceptors (Lipinski definition) is 2. The fraction of sp³-hybridized carbons (Fsp3) is 0.364. The van der Waals surface area contributed by atoms with E-state index in [9.17, 15) is 9.59 Å². The molecule has 136 valence electrons. The second-order valence-corrected chi connectivity index (χ2v) is 6.91. The standard InChI is InChI=1S/C22H25NO3/c24-21(15-11-18-8-12-19(13-9-18)22(25)26)23-16-4-7-20(23)14-10-17-5-2-1-3-6-17/h1-3,5-6,8-9,12-13,20H,4,7,10-11,14-16H2,(H,25,26). The number of nitrogens with zero attached hydrogens (tertiary/aromatic N) is 1. The summed E-state index contributed by atoms with van der Waals surface area (Å²) in [6.07, 6.45) is 5.33. The second-order valence-electron chi connectivity index (χ2n) is 6.91. The van der Waals surface area contributed by atoms with Crippen molar-refractivity contribution in [3.8, 4) is 0 Å². The third-order valence-electron chi connectivity index (χ3n) is 5.13. The number of rotatable bonds is 7. The van der Waals surface area contributed by atoms with Gasteiger partial charge in [-0.2, -0.15) is 0 Å². The van der Waals surface area contributed by atoms with Gasteiger partial charge in [-0.05, 0) is 55.4 Å². The number of carbonyl (C=O) groups excluding carboxylic acids is 1. The van der Waals surface area contributed by atoms with Gasteiger partial charge in [0.2, 0.25) is 5.91 Å². The lowest BCUT2D eigenvalue weighted by Gasteiger charge is -2.25. The van der Waals surface area contributed by atoms with Crippen molar-refractivity contribution in [3.05, 3.63) is 71.3 Å². The number of carboxylic acid groups (broad SMARTS) is 1. The summed E-state index contributed by atoms with van der Waals surface area (Å²) < 4.78 is 0. The molecule has 1 atom stereocenters. The van der Waals surface area contributed by atoms with E-state index in [0.717, 1.165) is 37.8 Å². The number of amides is 1. The molecule has 26 heavy (non-hydrogen) atoms. The highest BCUT2D eigenvalue weighted by molar-refractivity contribution is 5.87. The summed E-state index contributed by atoms with van der Waals surface area (Å²) in [6.45, 7) is 0.857. The largest absolute Gasteiger partial charge is 0.478 e. The molecule has 1 N–H and O–H groups in total. The van der Waals surface area contributed by atoms with Crippen LogP contribution in [0.2, 0.25) is 0 Å². The van der Waals surface area contributed by atoms with Gasteiger partial charge in [-0.1, -0.05) is 42.5 Å². The molecule has 0 aliphatic carbocycles. The Balaban J connectivity index is 1.50. The summed E-state index contributed by atoms with van der Waals surface area (Å²) in [5, 5.41) is 8.94. The maximum Gasteiger partial charge on any atom is 0.335 e. The SMILES string of the molecule is O=C(O)c1ccc(CCC(=O)N2CCCC2CCc2ccccc2)cc1. The van der Waals surface area contributed by atoms with Gasteiger partial charge < -0.3 is 10.0 Å². The van der Waals surface area contributed by atoms with E-state index in [2.05, 4.69) is 29.2 Å². The Morgan fingerprint density at radius 3 is 2.35 bits per heavy atom. The van der Waals surface area contributed by atoms with Crippen LogP contribution in [-0.2, 0) is 17.6 Å². The van der Waals surface area contributed by atoms with Gasteiger partial charge in [0.25, 0.3) is 0 Å². The van der Waals surface area contributed by atoms with Crippen LogP contribution >= 0.6 is 0 Å². The van der Waals surface area contributed by atoms with E-state index >= 15 is 0 Å². The van der Waals surface area contributed by atoms with Crippen LogP contribution in [0.1, 0.15) is 47.2 Å². The van der Waals surface area contributed by atoms with Crippen molar-refractivity contribution >= 4 is 11.9 Å². The summed E-state index contributed by atoms with van der Waals surface area (Å²) in [7, 11) is 0. The Morgan fingerprint density at radius 1 is 0.962 bits per heavy atom. The zero-order valence-electron chi connectivity index (χ0n) is 14.9. The van der Waals surface area contributed by atoms with Gasteiger partial charge in [-0.25, -0.2) is 4.79 Å². The first-order chi connectivity index (χ1) is 12.6. The molecule has 0 bridgehead atoms. The molecule has 3 rings (SSSR count). The number of carbonyl (C=O) groups is 2. The quantitative estimate of drug-likeness (QED) is 0.822. The minimum atomic E-state index is -0.925. The molecule has 0 radical (unpaired) electrons. The maximum atomic E-state index is 12.6. The van der Waals surface area contributed by atoms with Crippen LogP contribution < -0.4 is 0 Å². The zero-order valence-corrected chi connectivity index (χ0v) is 14.9. The molecular weight excluding hydrogens is 326 g/mol. The van der Waals surface area contributed by atoms with Crippen LogP contribution in [0, 0.1) is 0 Å². The van der Waals surface area contributed by atoms with E-state index in [1.165, 1.54) is 5.56 Å². The molecule has 4 heteroatoms. The number of benzene rings is 2. The molecule has 1 heterocycles. The smallest absolute Gasteiger partial charge is 0.335 e. The molecule has 2 aromatic carbocycles. The first-order valence-corrected chi connectivity index (χ1v) is 9.29. The van der Waals surface area contributed by atoms with Crippen LogP contribution in [0.15, 0.2) is 54.6 Å². The third kappa shape index (κ3) is 4.72. The van der Waals surface area contributed by atoms with E-state index in [1.807, 2.05) is 6.07 Å². The van der Waals surface area contributed by atoms with Crippen LogP contribution in [-0.4, -0.2) is 34.5 Å². The van der Waals surface area contributed by atoms with Crippen LogP contribution in [0.4, 0.5) is 0 Å². The number of likely N-dealkylation sites (tertiary alicyclic amines) is 1. The second kappa shape index (κ2) is 8.65. The molecular formula is C22H25NO3. The van der Waals surface area contributed by atoms with Gasteiger partial charge in [0.1, 0.15) is 0 Å². The van der Waals surface area contributed by atoms with Crippen molar-refractivity contribution in [1.82, 2.24) is 4.90 Å². The van der Waals surface area contributed by atoms with E-state index in [1.54, 1.807) is 24.3 Å². The van der Waals surface area contributed by atoms with Gasteiger partial charge in [0.05, 0.1) is 5.56 Å². The highest BCUT2D eigenvalue weighted by Gasteiger charge is 2.27.